The second-order valence-corrected chi connectivity index (χ2v) is 4.98. The van der Waals surface area contributed by atoms with Gasteiger partial charge in [-0.2, -0.15) is 0 Å². The SMILES string of the molecule is CCCc1nc(NN)cc(N2CCC(COC)C2)n1. The molecule has 0 radical (unpaired) electrons. The molecule has 1 aromatic heterocycles. The van der Waals surface area contributed by atoms with Gasteiger partial charge in [0.15, 0.2) is 0 Å². The monoisotopic (exact) mass is 265 g/mol. The van der Waals surface area contributed by atoms with Crippen LogP contribution in [0.5, 0.6) is 0 Å². The zero-order chi connectivity index (χ0) is 13.7. The fourth-order valence-corrected chi connectivity index (χ4v) is 2.47. The number of aryl methyl sites for hydroxylation is 1. The van der Waals surface area contributed by atoms with Crippen molar-refractivity contribution in [2.75, 3.05) is 37.1 Å². The van der Waals surface area contributed by atoms with E-state index in [1.54, 1.807) is 7.11 Å². The smallest absolute Gasteiger partial charge is 0.145 e. The van der Waals surface area contributed by atoms with E-state index in [4.69, 9.17) is 10.6 Å². The highest BCUT2D eigenvalue weighted by molar-refractivity contribution is 5.49. The Morgan fingerprint density at radius 3 is 3.05 bits per heavy atom. The van der Waals surface area contributed by atoms with E-state index in [9.17, 15) is 0 Å². The minimum Gasteiger partial charge on any atom is -0.384 e. The molecule has 1 aliphatic rings. The van der Waals surface area contributed by atoms with Gasteiger partial charge in [0.05, 0.1) is 6.61 Å². The van der Waals surface area contributed by atoms with Gasteiger partial charge in [0.25, 0.3) is 0 Å². The number of hydrogen-bond donors (Lipinski definition) is 2. The second kappa shape index (κ2) is 6.68. The molecule has 2 rings (SSSR count). The van der Waals surface area contributed by atoms with Crippen molar-refractivity contribution in [3.8, 4) is 0 Å². The van der Waals surface area contributed by atoms with Crippen LogP contribution in [0.3, 0.4) is 0 Å². The van der Waals surface area contributed by atoms with E-state index in [0.717, 1.165) is 50.6 Å². The third kappa shape index (κ3) is 3.54. The third-order valence-electron chi connectivity index (χ3n) is 3.39. The Kier molecular flexibility index (Phi) is 4.93. The number of nitrogens with zero attached hydrogens (tertiary/aromatic N) is 3. The van der Waals surface area contributed by atoms with Gasteiger partial charge in [-0.15, -0.1) is 0 Å². The van der Waals surface area contributed by atoms with Crippen molar-refractivity contribution in [1.29, 1.82) is 0 Å². The van der Waals surface area contributed by atoms with E-state index in [2.05, 4.69) is 27.2 Å². The van der Waals surface area contributed by atoms with Gasteiger partial charge in [-0.05, 0) is 12.8 Å². The number of hydrogen-bond acceptors (Lipinski definition) is 6. The van der Waals surface area contributed by atoms with Crippen molar-refractivity contribution in [2.24, 2.45) is 11.8 Å². The minimum atomic E-state index is 0.587. The van der Waals surface area contributed by atoms with Gasteiger partial charge in [0, 0.05) is 38.6 Å². The Bertz CT molecular complexity index is 412. The number of anilines is 2. The zero-order valence-corrected chi connectivity index (χ0v) is 11.7. The lowest BCUT2D eigenvalue weighted by Gasteiger charge is -2.19. The van der Waals surface area contributed by atoms with Crippen LogP contribution in [-0.2, 0) is 11.2 Å². The second-order valence-electron chi connectivity index (χ2n) is 4.98. The van der Waals surface area contributed by atoms with E-state index in [1.807, 2.05) is 6.07 Å². The number of methoxy groups -OCH3 is 1. The quantitative estimate of drug-likeness (QED) is 0.594. The summed E-state index contributed by atoms with van der Waals surface area (Å²) in [5, 5.41) is 0. The van der Waals surface area contributed by atoms with Crippen LogP contribution >= 0.6 is 0 Å². The van der Waals surface area contributed by atoms with Crippen LogP contribution in [0.25, 0.3) is 0 Å². The summed E-state index contributed by atoms with van der Waals surface area (Å²) in [6.45, 7) is 4.93. The van der Waals surface area contributed by atoms with Crippen molar-refractivity contribution < 1.29 is 4.74 Å². The van der Waals surface area contributed by atoms with Gasteiger partial charge < -0.3 is 15.1 Å². The molecule has 1 aliphatic heterocycles. The van der Waals surface area contributed by atoms with Crippen molar-refractivity contribution in [1.82, 2.24) is 9.97 Å². The molecule has 0 amide bonds. The normalized spacial score (nSPS) is 18.9. The molecule has 1 atom stereocenters. The van der Waals surface area contributed by atoms with Crippen molar-refractivity contribution in [3.05, 3.63) is 11.9 Å². The molecule has 19 heavy (non-hydrogen) atoms. The summed E-state index contributed by atoms with van der Waals surface area (Å²) < 4.78 is 5.23. The molecule has 6 heteroatoms. The van der Waals surface area contributed by atoms with Crippen molar-refractivity contribution >= 4 is 11.6 Å². The fraction of sp³-hybridized carbons (Fsp3) is 0.692. The van der Waals surface area contributed by atoms with Crippen LogP contribution < -0.4 is 16.2 Å². The van der Waals surface area contributed by atoms with Gasteiger partial charge in [-0.25, -0.2) is 15.8 Å². The Balaban J connectivity index is 2.12. The predicted octanol–water partition coefficient (Wildman–Crippen LogP) is 1.19. The minimum absolute atomic E-state index is 0.587. The highest BCUT2D eigenvalue weighted by Gasteiger charge is 2.24. The zero-order valence-electron chi connectivity index (χ0n) is 11.7. The molecule has 1 aromatic rings. The summed E-state index contributed by atoms with van der Waals surface area (Å²) in [5.41, 5.74) is 2.62. The van der Waals surface area contributed by atoms with Gasteiger partial charge in [-0.3, -0.25) is 0 Å². The lowest BCUT2D eigenvalue weighted by atomic mass is 10.1. The van der Waals surface area contributed by atoms with E-state index in [0.29, 0.717) is 11.7 Å². The third-order valence-corrected chi connectivity index (χ3v) is 3.39. The summed E-state index contributed by atoms with van der Waals surface area (Å²) in [6, 6.07) is 1.91. The Hall–Kier alpha value is -1.40. The number of rotatable bonds is 6. The standard InChI is InChI=1S/C13H23N5O/c1-3-4-11-15-12(17-14)7-13(16-11)18-6-5-10(8-18)9-19-2/h7,10H,3-6,8-9,14H2,1-2H3,(H,15,16,17). The van der Waals surface area contributed by atoms with Crippen molar-refractivity contribution in [3.63, 3.8) is 0 Å². The average Bonchev–Trinajstić information content (AvgIpc) is 2.88. The Morgan fingerprint density at radius 2 is 2.37 bits per heavy atom. The molecule has 0 aliphatic carbocycles. The van der Waals surface area contributed by atoms with Gasteiger partial charge in [0.1, 0.15) is 17.5 Å². The molecule has 0 saturated carbocycles. The lowest BCUT2D eigenvalue weighted by molar-refractivity contribution is 0.161. The molecule has 0 bridgehead atoms. The molecular weight excluding hydrogens is 242 g/mol. The average molecular weight is 265 g/mol. The molecule has 0 aromatic carbocycles. The number of nitrogens with two attached hydrogens (primary N) is 1. The number of nitrogens with one attached hydrogen (secondary N) is 1. The van der Waals surface area contributed by atoms with Crippen LogP contribution in [0.1, 0.15) is 25.6 Å². The number of aromatic nitrogens is 2. The molecule has 3 N–H and O–H groups in total. The van der Waals surface area contributed by atoms with E-state index >= 15 is 0 Å². The molecule has 0 spiro atoms. The highest BCUT2D eigenvalue weighted by Crippen LogP contribution is 2.24. The number of nitrogen functional groups attached to an aromatic ring is 1. The topological polar surface area (TPSA) is 76.3 Å². The molecule has 1 fully saturated rings. The first kappa shape index (κ1) is 14.0. The molecule has 1 saturated heterocycles. The highest BCUT2D eigenvalue weighted by atomic mass is 16.5. The molecule has 106 valence electrons. The Morgan fingerprint density at radius 1 is 1.53 bits per heavy atom. The first-order valence-corrected chi connectivity index (χ1v) is 6.85. The van der Waals surface area contributed by atoms with Crippen LogP contribution in [-0.4, -0.2) is 36.8 Å². The maximum Gasteiger partial charge on any atom is 0.145 e. The van der Waals surface area contributed by atoms with Crippen LogP contribution in [0.2, 0.25) is 0 Å². The van der Waals surface area contributed by atoms with Gasteiger partial charge in [-0.1, -0.05) is 6.92 Å². The van der Waals surface area contributed by atoms with Crippen molar-refractivity contribution in [2.45, 2.75) is 26.2 Å². The lowest BCUT2D eigenvalue weighted by Crippen LogP contribution is -2.23. The summed E-state index contributed by atoms with van der Waals surface area (Å²) >= 11 is 0. The van der Waals surface area contributed by atoms with Crippen LogP contribution in [0.4, 0.5) is 11.6 Å². The van der Waals surface area contributed by atoms with E-state index < -0.39 is 0 Å². The maximum absolute atomic E-state index is 5.48. The van der Waals surface area contributed by atoms with E-state index in [-0.39, 0.29) is 0 Å². The summed E-state index contributed by atoms with van der Waals surface area (Å²) in [4.78, 5) is 11.3. The molecule has 6 nitrogen and oxygen atoms in total. The van der Waals surface area contributed by atoms with Gasteiger partial charge >= 0.3 is 0 Å². The first-order valence-electron chi connectivity index (χ1n) is 6.85. The van der Waals surface area contributed by atoms with Crippen LogP contribution in [0, 0.1) is 5.92 Å². The molecular formula is C13H23N5O. The Labute approximate surface area is 114 Å². The van der Waals surface area contributed by atoms with Crippen LogP contribution in [0.15, 0.2) is 6.07 Å². The number of hydrazine groups is 1. The maximum atomic E-state index is 5.48. The number of ether oxygens (including phenoxy) is 1. The first-order chi connectivity index (χ1) is 9.26. The molecule has 1 unspecified atom stereocenters. The van der Waals surface area contributed by atoms with E-state index in [1.165, 1.54) is 0 Å². The fourth-order valence-electron chi connectivity index (χ4n) is 2.47. The molecule has 2 heterocycles. The summed E-state index contributed by atoms with van der Waals surface area (Å²) in [7, 11) is 1.75. The predicted molar refractivity (Wildman–Crippen MR) is 76.0 cm³/mol. The summed E-state index contributed by atoms with van der Waals surface area (Å²) in [6.07, 6.45) is 3.05. The summed E-state index contributed by atoms with van der Waals surface area (Å²) in [5.74, 6) is 8.56. The largest absolute Gasteiger partial charge is 0.384 e. The van der Waals surface area contributed by atoms with Gasteiger partial charge in [0.2, 0.25) is 0 Å².